The van der Waals surface area contributed by atoms with Crippen molar-refractivity contribution in [1.82, 2.24) is 9.97 Å². The standard InChI is InChI=1S/C12H18N4S2/c1-18-9-4-2-8(3-5-9)16-12-10(11(13)17)14-6-7-15-12/h6-9H,2-5H2,1H3,(H2,13,17)(H,15,16). The molecule has 0 radical (unpaired) electrons. The van der Waals surface area contributed by atoms with E-state index in [0.29, 0.717) is 16.7 Å². The molecule has 1 saturated carbocycles. The lowest BCUT2D eigenvalue weighted by Crippen LogP contribution is -2.29. The zero-order valence-electron chi connectivity index (χ0n) is 10.4. The van der Waals surface area contributed by atoms with Crippen molar-refractivity contribution in [2.24, 2.45) is 5.73 Å². The largest absolute Gasteiger partial charge is 0.388 e. The molecule has 0 unspecified atom stereocenters. The summed E-state index contributed by atoms with van der Waals surface area (Å²) in [6.07, 6.45) is 10.3. The van der Waals surface area contributed by atoms with Gasteiger partial charge in [-0.2, -0.15) is 11.8 Å². The van der Waals surface area contributed by atoms with Gasteiger partial charge in [-0.3, -0.25) is 0 Å². The molecule has 0 aromatic carbocycles. The highest BCUT2D eigenvalue weighted by Crippen LogP contribution is 2.28. The molecule has 0 bridgehead atoms. The second kappa shape index (κ2) is 6.33. The highest BCUT2D eigenvalue weighted by Gasteiger charge is 2.21. The van der Waals surface area contributed by atoms with E-state index < -0.39 is 0 Å². The van der Waals surface area contributed by atoms with Crippen LogP contribution in [-0.4, -0.2) is 32.5 Å². The van der Waals surface area contributed by atoms with Crippen LogP contribution in [0.15, 0.2) is 12.4 Å². The predicted octanol–water partition coefficient (Wildman–Crippen LogP) is 2.20. The van der Waals surface area contributed by atoms with Crippen LogP contribution in [0.3, 0.4) is 0 Å². The van der Waals surface area contributed by atoms with E-state index in [0.717, 1.165) is 11.1 Å². The fourth-order valence-corrected chi connectivity index (χ4v) is 3.15. The van der Waals surface area contributed by atoms with Gasteiger partial charge in [-0.05, 0) is 31.9 Å². The number of hydrogen-bond acceptors (Lipinski definition) is 5. The van der Waals surface area contributed by atoms with Gasteiger partial charge in [0.2, 0.25) is 0 Å². The van der Waals surface area contributed by atoms with Gasteiger partial charge in [0, 0.05) is 23.7 Å². The third-order valence-corrected chi connectivity index (χ3v) is 4.61. The number of aromatic nitrogens is 2. The minimum absolute atomic E-state index is 0.295. The number of nitrogens with zero attached hydrogens (tertiary/aromatic N) is 2. The summed E-state index contributed by atoms with van der Waals surface area (Å²) in [5.74, 6) is 0.720. The van der Waals surface area contributed by atoms with E-state index >= 15 is 0 Å². The number of rotatable bonds is 4. The second-order valence-corrected chi connectivity index (χ2v) is 6.05. The van der Waals surface area contributed by atoms with Crippen molar-refractivity contribution in [3.05, 3.63) is 18.1 Å². The normalized spacial score (nSPS) is 23.6. The number of thioether (sulfide) groups is 1. The molecular weight excluding hydrogens is 264 g/mol. The summed E-state index contributed by atoms with van der Waals surface area (Å²) in [6, 6.07) is 0.457. The summed E-state index contributed by atoms with van der Waals surface area (Å²) < 4.78 is 0. The molecule has 1 aromatic heterocycles. The molecule has 2 rings (SSSR count). The van der Waals surface area contributed by atoms with Crippen molar-refractivity contribution >= 4 is 34.8 Å². The maximum absolute atomic E-state index is 5.65. The Kier molecular flexibility index (Phi) is 4.77. The van der Waals surface area contributed by atoms with E-state index in [2.05, 4.69) is 21.5 Å². The molecule has 0 saturated heterocycles. The third-order valence-electron chi connectivity index (χ3n) is 3.28. The predicted molar refractivity (Wildman–Crippen MR) is 81.1 cm³/mol. The van der Waals surface area contributed by atoms with Crippen molar-refractivity contribution in [2.45, 2.75) is 37.0 Å². The van der Waals surface area contributed by atoms with E-state index in [1.807, 2.05) is 11.8 Å². The van der Waals surface area contributed by atoms with Crippen LogP contribution in [0.5, 0.6) is 0 Å². The van der Waals surface area contributed by atoms with Crippen LogP contribution in [-0.2, 0) is 0 Å². The Morgan fingerprint density at radius 1 is 1.33 bits per heavy atom. The topological polar surface area (TPSA) is 63.8 Å². The molecule has 1 heterocycles. The number of thiocarbonyl (C=S) groups is 1. The Labute approximate surface area is 117 Å². The van der Waals surface area contributed by atoms with Gasteiger partial charge in [-0.1, -0.05) is 12.2 Å². The SMILES string of the molecule is CSC1CCC(Nc2nccnc2C(N)=S)CC1. The molecule has 1 fully saturated rings. The van der Waals surface area contributed by atoms with E-state index in [1.165, 1.54) is 25.7 Å². The number of nitrogens with two attached hydrogens (primary N) is 1. The van der Waals surface area contributed by atoms with E-state index in [-0.39, 0.29) is 0 Å². The molecular formula is C12H18N4S2. The van der Waals surface area contributed by atoms with Gasteiger partial charge in [0.1, 0.15) is 10.7 Å². The molecule has 6 heteroatoms. The summed E-state index contributed by atoms with van der Waals surface area (Å²) in [6.45, 7) is 0. The first-order valence-corrected chi connectivity index (χ1v) is 7.80. The first kappa shape index (κ1) is 13.5. The van der Waals surface area contributed by atoms with Crippen LogP contribution in [0.4, 0.5) is 5.82 Å². The lowest BCUT2D eigenvalue weighted by atomic mass is 9.95. The van der Waals surface area contributed by atoms with Gasteiger partial charge in [0.15, 0.2) is 5.82 Å². The van der Waals surface area contributed by atoms with Crippen LogP contribution in [0.1, 0.15) is 31.4 Å². The molecule has 18 heavy (non-hydrogen) atoms. The summed E-state index contributed by atoms with van der Waals surface area (Å²) in [5, 5.41) is 4.23. The van der Waals surface area contributed by atoms with Gasteiger partial charge in [-0.15, -0.1) is 0 Å². The van der Waals surface area contributed by atoms with Crippen molar-refractivity contribution in [3.63, 3.8) is 0 Å². The van der Waals surface area contributed by atoms with E-state index in [1.54, 1.807) is 12.4 Å². The van der Waals surface area contributed by atoms with Crippen molar-refractivity contribution < 1.29 is 0 Å². The summed E-state index contributed by atoms with van der Waals surface area (Å²) in [4.78, 5) is 8.76. The van der Waals surface area contributed by atoms with Crippen molar-refractivity contribution in [3.8, 4) is 0 Å². The Bertz CT molecular complexity index is 416. The molecule has 0 atom stereocenters. The lowest BCUT2D eigenvalue weighted by Gasteiger charge is -2.28. The molecule has 3 N–H and O–H groups in total. The first-order chi connectivity index (χ1) is 8.70. The van der Waals surface area contributed by atoms with Gasteiger partial charge in [0.05, 0.1) is 0 Å². The molecule has 98 valence electrons. The van der Waals surface area contributed by atoms with Crippen LogP contribution >= 0.6 is 24.0 Å². The minimum Gasteiger partial charge on any atom is -0.388 e. The molecule has 0 amide bonds. The third kappa shape index (κ3) is 3.32. The molecule has 1 aliphatic carbocycles. The Morgan fingerprint density at radius 2 is 2.00 bits per heavy atom. The van der Waals surface area contributed by atoms with Crippen molar-refractivity contribution in [1.29, 1.82) is 0 Å². The average molecular weight is 282 g/mol. The highest BCUT2D eigenvalue weighted by atomic mass is 32.2. The maximum atomic E-state index is 5.65. The molecule has 0 aliphatic heterocycles. The van der Waals surface area contributed by atoms with Gasteiger partial charge in [0.25, 0.3) is 0 Å². The van der Waals surface area contributed by atoms with Crippen LogP contribution in [0.2, 0.25) is 0 Å². The van der Waals surface area contributed by atoms with E-state index in [9.17, 15) is 0 Å². The fraction of sp³-hybridized carbons (Fsp3) is 0.583. The van der Waals surface area contributed by atoms with E-state index in [4.69, 9.17) is 18.0 Å². The Balaban J connectivity index is 2.00. The average Bonchev–Trinajstić information content (AvgIpc) is 2.40. The quantitative estimate of drug-likeness (QED) is 0.826. The second-order valence-electron chi connectivity index (χ2n) is 4.47. The summed E-state index contributed by atoms with van der Waals surface area (Å²) in [5.41, 5.74) is 6.25. The molecule has 4 nitrogen and oxygen atoms in total. The number of anilines is 1. The Morgan fingerprint density at radius 3 is 2.61 bits per heavy atom. The summed E-state index contributed by atoms with van der Waals surface area (Å²) in [7, 11) is 0. The maximum Gasteiger partial charge on any atom is 0.155 e. The number of hydrogen-bond donors (Lipinski definition) is 2. The van der Waals surface area contributed by atoms with Gasteiger partial charge < -0.3 is 11.1 Å². The number of nitrogens with one attached hydrogen (secondary N) is 1. The highest BCUT2D eigenvalue weighted by molar-refractivity contribution is 7.99. The molecule has 1 aromatic rings. The van der Waals surface area contributed by atoms with Crippen LogP contribution in [0, 0.1) is 0 Å². The monoisotopic (exact) mass is 282 g/mol. The van der Waals surface area contributed by atoms with Gasteiger partial charge >= 0.3 is 0 Å². The van der Waals surface area contributed by atoms with Crippen molar-refractivity contribution in [2.75, 3.05) is 11.6 Å². The summed E-state index contributed by atoms with van der Waals surface area (Å²) >= 11 is 6.95. The smallest absolute Gasteiger partial charge is 0.155 e. The molecule has 0 spiro atoms. The zero-order valence-corrected chi connectivity index (χ0v) is 12.1. The van der Waals surface area contributed by atoms with Crippen LogP contribution < -0.4 is 11.1 Å². The first-order valence-electron chi connectivity index (χ1n) is 6.11. The minimum atomic E-state index is 0.295. The fourth-order valence-electron chi connectivity index (χ4n) is 2.26. The van der Waals surface area contributed by atoms with Gasteiger partial charge in [-0.25, -0.2) is 9.97 Å². The lowest BCUT2D eigenvalue weighted by molar-refractivity contribution is 0.472. The zero-order chi connectivity index (χ0) is 13.0. The van der Waals surface area contributed by atoms with Crippen LogP contribution in [0.25, 0.3) is 0 Å². The Hall–Kier alpha value is -0.880. The molecule has 1 aliphatic rings.